The molecule has 0 saturated carbocycles. The van der Waals surface area contributed by atoms with E-state index in [0.29, 0.717) is 0 Å². The summed E-state index contributed by atoms with van der Waals surface area (Å²) in [7, 11) is -6.34. The maximum absolute atomic E-state index is 7.21. The first-order valence-corrected chi connectivity index (χ1v) is 35.1. The quantitative estimate of drug-likeness (QED) is 0.0937. The van der Waals surface area contributed by atoms with Gasteiger partial charge < -0.3 is 18.1 Å². The van der Waals surface area contributed by atoms with Gasteiger partial charge in [0.1, 0.15) is 11.2 Å². The molecule has 0 radical (unpaired) electrons. The summed E-state index contributed by atoms with van der Waals surface area (Å²) < 4.78 is 14.7. The molecule has 0 unspecified atom stereocenters. The fourth-order valence-corrected chi connectivity index (χ4v) is 25.6. The van der Waals surface area contributed by atoms with Gasteiger partial charge in [0.05, 0.1) is 33.1 Å². The summed E-state index contributed by atoms with van der Waals surface area (Å²) in [6, 6.07) is 129. The molecule has 6 heteroatoms. The molecule has 0 atom stereocenters. The molecule has 0 fully saturated rings. The van der Waals surface area contributed by atoms with Crippen LogP contribution in [0.3, 0.4) is 0 Å². The predicted octanol–water partition coefficient (Wildman–Crippen LogP) is 15.6. The molecule has 4 heterocycles. The Balaban J connectivity index is 0.889. The van der Waals surface area contributed by atoms with E-state index in [4.69, 9.17) is 4.42 Å². The fourth-order valence-electron chi connectivity index (χ4n) is 15.7. The lowest BCUT2D eigenvalue weighted by atomic mass is 10.1. The van der Waals surface area contributed by atoms with Gasteiger partial charge in [-0.3, -0.25) is 0 Å². The zero-order valence-corrected chi connectivity index (χ0v) is 51.2. The summed E-state index contributed by atoms with van der Waals surface area (Å²) in [6.45, 7) is 0. The number of fused-ring (bicyclic) bond motifs is 12. The van der Waals surface area contributed by atoms with Crippen molar-refractivity contribution in [3.63, 3.8) is 0 Å². The van der Waals surface area contributed by atoms with Crippen LogP contribution in [0.25, 0.3) is 104 Å². The molecule has 0 aliphatic heterocycles. The highest BCUT2D eigenvalue weighted by Crippen LogP contribution is 2.40. The van der Waals surface area contributed by atoms with Crippen LogP contribution >= 0.6 is 0 Å². The van der Waals surface area contributed by atoms with E-state index >= 15 is 0 Å². The van der Waals surface area contributed by atoms with Gasteiger partial charge in [0.25, 0.3) is 0 Å². The van der Waals surface area contributed by atoms with Crippen molar-refractivity contribution < 1.29 is 4.42 Å². The SMILES string of the molecule is c1ccc([Si](c2ccccc2)(c2ccccc2)c2cc(-n3c4ccccc4c4cc(-n5c6ccccc6c6c([Si](c7ccccc7)(c7ccccc7)c7cccc(-n8c9ccccc9c9ccccc98)c7)cccc65)ccc43)cc3c2oc2ccccc23)cc1. The van der Waals surface area contributed by atoms with Crippen molar-refractivity contribution in [3.8, 4) is 17.1 Å². The molecule has 90 heavy (non-hydrogen) atoms. The molecular weight excluding hydrogens is 1120 g/mol. The van der Waals surface area contributed by atoms with Crippen molar-refractivity contribution >= 4 is 145 Å². The molecule has 0 amide bonds. The topological polar surface area (TPSA) is 27.9 Å². The molecule has 0 saturated heterocycles. The van der Waals surface area contributed by atoms with Crippen LogP contribution in [0.15, 0.2) is 350 Å². The van der Waals surface area contributed by atoms with Gasteiger partial charge in [-0.25, -0.2) is 0 Å². The molecule has 0 aliphatic rings. The molecule has 422 valence electrons. The normalized spacial score (nSPS) is 12.2. The Morgan fingerprint density at radius 3 is 1.12 bits per heavy atom. The first-order chi connectivity index (χ1) is 44.7. The minimum Gasteiger partial charge on any atom is -0.456 e. The summed E-state index contributed by atoms with van der Waals surface area (Å²) in [5.74, 6) is 0. The molecule has 0 spiro atoms. The molecule has 4 nitrogen and oxygen atoms in total. The van der Waals surface area contributed by atoms with Gasteiger partial charge in [0, 0.05) is 60.2 Å². The highest BCUT2D eigenvalue weighted by molar-refractivity contribution is 7.21. The van der Waals surface area contributed by atoms with Crippen LogP contribution in [-0.2, 0) is 0 Å². The van der Waals surface area contributed by atoms with E-state index in [1.54, 1.807) is 0 Å². The number of hydrogen-bond donors (Lipinski definition) is 0. The average Bonchev–Trinajstić information content (AvgIpc) is 1.35. The number of para-hydroxylation sites is 5. The van der Waals surface area contributed by atoms with Gasteiger partial charge in [0.15, 0.2) is 16.1 Å². The van der Waals surface area contributed by atoms with Crippen LogP contribution in [0, 0.1) is 0 Å². The lowest BCUT2D eigenvalue weighted by Crippen LogP contribution is -2.74. The predicted molar refractivity (Wildman–Crippen MR) is 384 cm³/mol. The summed E-state index contributed by atoms with van der Waals surface area (Å²) in [5.41, 5.74) is 12.2. The molecule has 18 aromatic rings. The highest BCUT2D eigenvalue weighted by atomic mass is 28.3. The third-order valence-electron chi connectivity index (χ3n) is 19.3. The van der Waals surface area contributed by atoms with Crippen LogP contribution in [0.5, 0.6) is 0 Å². The number of furan rings is 1. The van der Waals surface area contributed by atoms with E-state index in [2.05, 4.69) is 359 Å². The largest absolute Gasteiger partial charge is 0.456 e. The number of rotatable bonds is 11. The third kappa shape index (κ3) is 7.59. The summed E-state index contributed by atoms with van der Waals surface area (Å²) in [5, 5.41) is 20.0. The first kappa shape index (κ1) is 51.9. The average molecular weight is 1180 g/mol. The lowest BCUT2D eigenvalue weighted by molar-refractivity contribution is 0.671. The Bertz CT molecular complexity index is 5600. The summed E-state index contributed by atoms with van der Waals surface area (Å²) >= 11 is 0. The van der Waals surface area contributed by atoms with Crippen molar-refractivity contribution in [1.29, 1.82) is 0 Å². The van der Waals surface area contributed by atoms with E-state index in [1.807, 2.05) is 0 Å². The Hall–Kier alpha value is -11.3. The second-order valence-corrected chi connectivity index (χ2v) is 31.4. The molecule has 0 bridgehead atoms. The fraction of sp³-hybridized carbons (Fsp3) is 0. The van der Waals surface area contributed by atoms with E-state index in [0.717, 1.165) is 55.6 Å². The van der Waals surface area contributed by atoms with Gasteiger partial charge in [-0.05, 0) is 120 Å². The minimum atomic E-state index is -3.21. The Morgan fingerprint density at radius 2 is 0.578 bits per heavy atom. The molecule has 0 N–H and O–H groups in total. The zero-order chi connectivity index (χ0) is 59.3. The number of benzene rings is 14. The zero-order valence-electron chi connectivity index (χ0n) is 49.2. The summed E-state index contributed by atoms with van der Waals surface area (Å²) in [6.07, 6.45) is 0. The van der Waals surface area contributed by atoms with Crippen LogP contribution < -0.4 is 41.5 Å². The van der Waals surface area contributed by atoms with Gasteiger partial charge in [-0.15, -0.1) is 0 Å². The Morgan fingerprint density at radius 1 is 0.211 bits per heavy atom. The number of hydrogen-bond acceptors (Lipinski definition) is 1. The van der Waals surface area contributed by atoms with E-state index in [9.17, 15) is 0 Å². The highest BCUT2D eigenvalue weighted by Gasteiger charge is 2.46. The van der Waals surface area contributed by atoms with E-state index < -0.39 is 16.1 Å². The van der Waals surface area contributed by atoms with Gasteiger partial charge in [-0.2, -0.15) is 0 Å². The van der Waals surface area contributed by atoms with Crippen LogP contribution in [0.2, 0.25) is 0 Å². The van der Waals surface area contributed by atoms with Crippen LogP contribution in [0.1, 0.15) is 0 Å². The summed E-state index contributed by atoms with van der Waals surface area (Å²) in [4.78, 5) is 0. The van der Waals surface area contributed by atoms with Crippen molar-refractivity contribution in [1.82, 2.24) is 13.7 Å². The van der Waals surface area contributed by atoms with Crippen molar-refractivity contribution in [2.24, 2.45) is 0 Å². The molecule has 0 aliphatic carbocycles. The monoisotopic (exact) mass is 1180 g/mol. The Labute approximate surface area is 522 Å². The van der Waals surface area contributed by atoms with Gasteiger partial charge in [0.2, 0.25) is 0 Å². The van der Waals surface area contributed by atoms with E-state index in [-0.39, 0.29) is 0 Å². The van der Waals surface area contributed by atoms with Gasteiger partial charge >= 0.3 is 0 Å². The van der Waals surface area contributed by atoms with Crippen LogP contribution in [0.4, 0.5) is 0 Å². The second kappa shape index (κ2) is 20.7. The standard InChI is InChI=1S/C84H57N3OSi2/c1-6-29-61(30-7-1)89(62-31-8-2-9-32-62,63-33-10-3-11-34-63)82-57-60(56-73-70-43-20-25-50-80(70)88-84(73)82)87-76-47-23-18-42-69(76)72-55-59(52-53-78(72)87)86-77-48-24-19-44-71(77)83-79(86)49-27-51-81(83)90(64-35-12-4-13-36-64,65-37-14-5-15-38-65)66-39-26-28-58(54-66)85-74-45-21-16-40-67(74)68-41-17-22-46-75(68)85/h1-57H. The third-order valence-corrected chi connectivity index (χ3v) is 28.9. The molecular formula is C84H57N3OSi2. The maximum atomic E-state index is 7.21. The number of nitrogens with zero attached hydrogens (tertiary/aromatic N) is 3. The van der Waals surface area contributed by atoms with Crippen molar-refractivity contribution in [2.45, 2.75) is 0 Å². The maximum Gasteiger partial charge on any atom is 0.184 e. The Kier molecular flexibility index (Phi) is 11.9. The van der Waals surface area contributed by atoms with Crippen molar-refractivity contribution in [2.75, 3.05) is 0 Å². The smallest absolute Gasteiger partial charge is 0.184 e. The first-order valence-electron chi connectivity index (χ1n) is 31.1. The van der Waals surface area contributed by atoms with Crippen LogP contribution in [-0.4, -0.2) is 29.8 Å². The molecule has 14 aromatic carbocycles. The van der Waals surface area contributed by atoms with Gasteiger partial charge in [-0.1, -0.05) is 267 Å². The molecule has 4 aromatic heterocycles. The molecule has 18 rings (SSSR count). The second-order valence-electron chi connectivity index (χ2n) is 23.8. The minimum absolute atomic E-state index is 0.879. The van der Waals surface area contributed by atoms with E-state index in [1.165, 1.54) is 90.4 Å². The number of aromatic nitrogens is 3. The lowest BCUT2D eigenvalue weighted by Gasteiger charge is -2.35. The van der Waals surface area contributed by atoms with Crippen molar-refractivity contribution in [3.05, 3.63) is 346 Å².